The Morgan fingerprint density at radius 3 is 2.12 bits per heavy atom. The standard InChI is InChI=1S/C13H16O4/c1-4-13(17-10(3)15)11-5-7-12(8-6-11)16-9(2)14/h5-8,13H,4H2,1-3H3/t13-/m0/s1. The second-order valence-electron chi connectivity index (χ2n) is 3.67. The predicted molar refractivity (Wildman–Crippen MR) is 62.5 cm³/mol. The van der Waals surface area contributed by atoms with Crippen LogP contribution in [0.4, 0.5) is 0 Å². The average molecular weight is 236 g/mol. The molecule has 1 aromatic rings. The van der Waals surface area contributed by atoms with E-state index in [9.17, 15) is 9.59 Å². The van der Waals surface area contributed by atoms with Crippen molar-refractivity contribution in [2.45, 2.75) is 33.3 Å². The molecule has 4 nitrogen and oxygen atoms in total. The van der Waals surface area contributed by atoms with E-state index < -0.39 is 0 Å². The summed E-state index contributed by atoms with van der Waals surface area (Å²) in [5, 5.41) is 0. The number of hydrogen-bond donors (Lipinski definition) is 0. The lowest BCUT2D eigenvalue weighted by Crippen LogP contribution is -2.07. The molecule has 4 heteroatoms. The highest BCUT2D eigenvalue weighted by Gasteiger charge is 2.12. The van der Waals surface area contributed by atoms with Crippen molar-refractivity contribution in [1.29, 1.82) is 0 Å². The van der Waals surface area contributed by atoms with E-state index >= 15 is 0 Å². The van der Waals surface area contributed by atoms with Gasteiger partial charge in [-0.1, -0.05) is 19.1 Å². The van der Waals surface area contributed by atoms with Crippen molar-refractivity contribution in [3.63, 3.8) is 0 Å². The first kappa shape index (κ1) is 13.2. The molecular formula is C13H16O4. The molecule has 0 radical (unpaired) electrons. The van der Waals surface area contributed by atoms with Crippen LogP contribution in [-0.2, 0) is 14.3 Å². The Labute approximate surface area is 101 Å². The lowest BCUT2D eigenvalue weighted by Gasteiger charge is -2.15. The first-order valence-electron chi connectivity index (χ1n) is 5.48. The van der Waals surface area contributed by atoms with Gasteiger partial charge in [0, 0.05) is 13.8 Å². The van der Waals surface area contributed by atoms with Gasteiger partial charge in [0.15, 0.2) is 0 Å². The van der Waals surface area contributed by atoms with Gasteiger partial charge < -0.3 is 9.47 Å². The molecule has 0 aromatic heterocycles. The van der Waals surface area contributed by atoms with Gasteiger partial charge in [-0.05, 0) is 24.1 Å². The molecule has 0 unspecified atom stereocenters. The van der Waals surface area contributed by atoms with Crippen LogP contribution in [0.3, 0.4) is 0 Å². The van der Waals surface area contributed by atoms with Crippen molar-refractivity contribution in [3.8, 4) is 5.75 Å². The van der Waals surface area contributed by atoms with Crippen molar-refractivity contribution >= 4 is 11.9 Å². The summed E-state index contributed by atoms with van der Waals surface area (Å²) in [6.45, 7) is 4.67. The fourth-order valence-corrected chi connectivity index (χ4v) is 1.50. The van der Waals surface area contributed by atoms with Gasteiger partial charge in [-0.15, -0.1) is 0 Å². The molecule has 0 aliphatic rings. The predicted octanol–water partition coefficient (Wildman–Crippen LogP) is 2.63. The normalized spacial score (nSPS) is 11.7. The number of carbonyl (C=O) groups excluding carboxylic acids is 2. The monoisotopic (exact) mass is 236 g/mol. The zero-order valence-electron chi connectivity index (χ0n) is 10.2. The molecule has 92 valence electrons. The SMILES string of the molecule is CC[C@H](OC(C)=O)c1ccc(OC(C)=O)cc1. The summed E-state index contributed by atoms with van der Waals surface area (Å²) in [6.07, 6.45) is 0.450. The molecule has 0 aliphatic carbocycles. The van der Waals surface area contributed by atoms with Gasteiger partial charge in [0.05, 0.1) is 0 Å². The van der Waals surface area contributed by atoms with Gasteiger partial charge in [0.1, 0.15) is 11.9 Å². The minimum Gasteiger partial charge on any atom is -0.458 e. The van der Waals surface area contributed by atoms with Gasteiger partial charge in [-0.25, -0.2) is 0 Å². The van der Waals surface area contributed by atoms with Crippen LogP contribution in [0.25, 0.3) is 0 Å². The molecule has 0 aliphatic heterocycles. The quantitative estimate of drug-likeness (QED) is 0.595. The summed E-state index contributed by atoms with van der Waals surface area (Å²) in [5.41, 5.74) is 0.888. The van der Waals surface area contributed by atoms with Crippen LogP contribution in [0.2, 0.25) is 0 Å². The second kappa shape index (κ2) is 6.03. The zero-order valence-corrected chi connectivity index (χ0v) is 10.2. The topological polar surface area (TPSA) is 52.6 Å². The van der Waals surface area contributed by atoms with Crippen molar-refractivity contribution in [3.05, 3.63) is 29.8 Å². The van der Waals surface area contributed by atoms with E-state index in [0.717, 1.165) is 5.56 Å². The third kappa shape index (κ3) is 4.26. The van der Waals surface area contributed by atoms with E-state index in [1.54, 1.807) is 24.3 Å². The first-order chi connectivity index (χ1) is 8.02. The molecule has 1 aromatic carbocycles. The Balaban J connectivity index is 2.77. The molecule has 1 atom stereocenters. The van der Waals surface area contributed by atoms with Crippen molar-refractivity contribution < 1.29 is 19.1 Å². The molecule has 0 bridgehead atoms. The largest absolute Gasteiger partial charge is 0.458 e. The Hall–Kier alpha value is -1.84. The van der Waals surface area contributed by atoms with Crippen molar-refractivity contribution in [2.24, 2.45) is 0 Å². The van der Waals surface area contributed by atoms with E-state index in [1.807, 2.05) is 6.92 Å². The maximum Gasteiger partial charge on any atom is 0.308 e. The molecule has 0 saturated heterocycles. The third-order valence-corrected chi connectivity index (χ3v) is 2.19. The van der Waals surface area contributed by atoms with Crippen molar-refractivity contribution in [2.75, 3.05) is 0 Å². The summed E-state index contributed by atoms with van der Waals surface area (Å²) in [5.74, 6) is -0.176. The smallest absolute Gasteiger partial charge is 0.308 e. The second-order valence-corrected chi connectivity index (χ2v) is 3.67. The van der Waals surface area contributed by atoms with Gasteiger partial charge >= 0.3 is 11.9 Å². The molecule has 0 amide bonds. The van der Waals surface area contributed by atoms with Gasteiger partial charge in [0.25, 0.3) is 0 Å². The van der Waals surface area contributed by atoms with E-state index in [4.69, 9.17) is 9.47 Å². The number of rotatable bonds is 4. The van der Waals surface area contributed by atoms with Gasteiger partial charge in [-0.2, -0.15) is 0 Å². The Bertz CT molecular complexity index is 394. The Kier molecular flexibility index (Phi) is 4.69. The summed E-state index contributed by atoms with van der Waals surface area (Å²) >= 11 is 0. The molecule has 0 N–H and O–H groups in total. The number of hydrogen-bond acceptors (Lipinski definition) is 4. The Morgan fingerprint density at radius 1 is 1.12 bits per heavy atom. The molecule has 1 rings (SSSR count). The number of ether oxygens (including phenoxy) is 2. The number of benzene rings is 1. The van der Waals surface area contributed by atoms with Crippen LogP contribution in [-0.4, -0.2) is 11.9 Å². The molecular weight excluding hydrogens is 220 g/mol. The lowest BCUT2D eigenvalue weighted by atomic mass is 10.1. The molecule has 0 heterocycles. The van der Waals surface area contributed by atoms with E-state index in [-0.39, 0.29) is 18.0 Å². The third-order valence-electron chi connectivity index (χ3n) is 2.19. The van der Waals surface area contributed by atoms with Crippen molar-refractivity contribution in [1.82, 2.24) is 0 Å². The van der Waals surface area contributed by atoms with Crippen LogP contribution < -0.4 is 4.74 Å². The number of esters is 2. The fourth-order valence-electron chi connectivity index (χ4n) is 1.50. The lowest BCUT2D eigenvalue weighted by molar-refractivity contribution is -0.146. The summed E-state index contributed by atoms with van der Waals surface area (Å²) < 4.78 is 10.1. The van der Waals surface area contributed by atoms with E-state index in [0.29, 0.717) is 12.2 Å². The molecule has 17 heavy (non-hydrogen) atoms. The van der Waals surface area contributed by atoms with E-state index in [2.05, 4.69) is 0 Å². The number of carbonyl (C=O) groups is 2. The highest BCUT2D eigenvalue weighted by molar-refractivity contribution is 5.69. The van der Waals surface area contributed by atoms with Crippen LogP contribution in [0.1, 0.15) is 38.9 Å². The maximum absolute atomic E-state index is 10.9. The highest BCUT2D eigenvalue weighted by atomic mass is 16.5. The van der Waals surface area contributed by atoms with Gasteiger partial charge in [-0.3, -0.25) is 9.59 Å². The fraction of sp³-hybridized carbons (Fsp3) is 0.385. The summed E-state index contributed by atoms with van der Waals surface area (Å²) in [7, 11) is 0. The van der Waals surface area contributed by atoms with Crippen LogP contribution in [0.15, 0.2) is 24.3 Å². The zero-order chi connectivity index (χ0) is 12.8. The Morgan fingerprint density at radius 2 is 1.71 bits per heavy atom. The maximum atomic E-state index is 10.9. The average Bonchev–Trinajstić information content (AvgIpc) is 2.26. The van der Waals surface area contributed by atoms with E-state index in [1.165, 1.54) is 13.8 Å². The van der Waals surface area contributed by atoms with Crippen LogP contribution in [0.5, 0.6) is 5.75 Å². The minimum atomic E-state index is -0.357. The molecule has 0 spiro atoms. The highest BCUT2D eigenvalue weighted by Crippen LogP contribution is 2.23. The van der Waals surface area contributed by atoms with Crippen LogP contribution >= 0.6 is 0 Å². The minimum absolute atomic E-state index is 0.251. The summed E-state index contributed by atoms with van der Waals surface area (Å²) in [4.78, 5) is 21.6. The van der Waals surface area contributed by atoms with Gasteiger partial charge in [0.2, 0.25) is 0 Å². The van der Waals surface area contributed by atoms with Crippen LogP contribution in [0, 0.1) is 0 Å². The first-order valence-corrected chi connectivity index (χ1v) is 5.48. The molecule has 0 fully saturated rings. The molecule has 0 saturated carbocycles. The summed E-state index contributed by atoms with van der Waals surface area (Å²) in [6, 6.07) is 6.94.